The number of amides is 2. The van der Waals surface area contributed by atoms with Gasteiger partial charge in [0.15, 0.2) is 0 Å². The minimum Gasteiger partial charge on any atom is -0.356 e. The molecular weight excluding hydrogens is 324 g/mol. The SMILES string of the molecule is CCCC[C@@H](CC)CNC(=O)[C@H]1CC(=O)N(c2ccc(Cl)cc2)C1. The number of carbonyl (C=O) groups excluding carboxylic acids is 2. The highest BCUT2D eigenvalue weighted by atomic mass is 35.5. The number of rotatable bonds is 8. The van der Waals surface area contributed by atoms with Gasteiger partial charge in [0.05, 0.1) is 5.92 Å². The minimum atomic E-state index is -0.267. The molecule has 1 saturated heterocycles. The molecule has 0 radical (unpaired) electrons. The Kier molecular flexibility index (Phi) is 7.10. The van der Waals surface area contributed by atoms with Crippen LogP contribution in [-0.4, -0.2) is 24.9 Å². The first-order chi connectivity index (χ1) is 11.5. The largest absolute Gasteiger partial charge is 0.356 e. The molecule has 24 heavy (non-hydrogen) atoms. The van der Waals surface area contributed by atoms with Crippen LogP contribution in [0.5, 0.6) is 0 Å². The molecule has 1 N–H and O–H groups in total. The molecule has 1 heterocycles. The average Bonchev–Trinajstić information content (AvgIpc) is 2.97. The van der Waals surface area contributed by atoms with Crippen LogP contribution in [0.15, 0.2) is 24.3 Å². The number of carbonyl (C=O) groups is 2. The normalized spacial score (nSPS) is 18.7. The predicted molar refractivity (Wildman–Crippen MR) is 98.2 cm³/mol. The van der Waals surface area contributed by atoms with Crippen LogP contribution in [-0.2, 0) is 9.59 Å². The van der Waals surface area contributed by atoms with E-state index in [1.54, 1.807) is 17.0 Å². The molecule has 2 atom stereocenters. The van der Waals surface area contributed by atoms with Crippen LogP contribution in [0, 0.1) is 11.8 Å². The number of anilines is 1. The van der Waals surface area contributed by atoms with Gasteiger partial charge in [0.2, 0.25) is 11.8 Å². The van der Waals surface area contributed by atoms with Gasteiger partial charge in [-0.3, -0.25) is 9.59 Å². The van der Waals surface area contributed by atoms with Gasteiger partial charge in [-0.05, 0) is 36.6 Å². The fourth-order valence-electron chi connectivity index (χ4n) is 3.09. The molecule has 0 saturated carbocycles. The zero-order chi connectivity index (χ0) is 17.5. The minimum absolute atomic E-state index is 0.00417. The molecular formula is C19H27ClN2O2. The van der Waals surface area contributed by atoms with Gasteiger partial charge in [-0.25, -0.2) is 0 Å². The Bertz CT molecular complexity index is 559. The zero-order valence-corrected chi connectivity index (χ0v) is 15.3. The second-order valence-electron chi connectivity index (χ2n) is 6.54. The number of benzene rings is 1. The summed E-state index contributed by atoms with van der Waals surface area (Å²) >= 11 is 5.89. The van der Waals surface area contributed by atoms with Gasteiger partial charge in [-0.1, -0.05) is 44.7 Å². The molecule has 4 nitrogen and oxygen atoms in total. The van der Waals surface area contributed by atoms with Crippen molar-refractivity contribution < 1.29 is 9.59 Å². The summed E-state index contributed by atoms with van der Waals surface area (Å²) < 4.78 is 0. The summed E-state index contributed by atoms with van der Waals surface area (Å²) in [6, 6.07) is 7.16. The smallest absolute Gasteiger partial charge is 0.227 e. The number of hydrogen-bond acceptors (Lipinski definition) is 2. The van der Waals surface area contributed by atoms with E-state index in [0.29, 0.717) is 24.0 Å². The highest BCUT2D eigenvalue weighted by Crippen LogP contribution is 2.26. The summed E-state index contributed by atoms with van der Waals surface area (Å²) in [5.41, 5.74) is 0.800. The summed E-state index contributed by atoms with van der Waals surface area (Å²) in [6.45, 7) is 5.49. The first-order valence-electron chi connectivity index (χ1n) is 8.88. The monoisotopic (exact) mass is 350 g/mol. The first kappa shape index (κ1) is 18.8. The molecule has 0 bridgehead atoms. The van der Waals surface area contributed by atoms with Crippen LogP contribution in [0.3, 0.4) is 0 Å². The van der Waals surface area contributed by atoms with E-state index in [2.05, 4.69) is 19.2 Å². The number of unbranched alkanes of at least 4 members (excludes halogenated alkanes) is 1. The quantitative estimate of drug-likeness (QED) is 0.769. The number of hydrogen-bond donors (Lipinski definition) is 1. The molecule has 1 aliphatic heterocycles. The van der Waals surface area contributed by atoms with Crippen LogP contribution in [0.1, 0.15) is 46.0 Å². The summed E-state index contributed by atoms with van der Waals surface area (Å²) in [4.78, 5) is 26.3. The van der Waals surface area contributed by atoms with E-state index < -0.39 is 0 Å². The lowest BCUT2D eigenvalue weighted by molar-refractivity contribution is -0.126. The molecule has 0 aromatic heterocycles. The van der Waals surface area contributed by atoms with E-state index in [1.165, 1.54) is 12.8 Å². The van der Waals surface area contributed by atoms with Gasteiger partial charge in [0.25, 0.3) is 0 Å². The summed E-state index contributed by atoms with van der Waals surface area (Å²) in [5, 5.41) is 3.68. The lowest BCUT2D eigenvalue weighted by atomic mass is 9.99. The van der Waals surface area contributed by atoms with E-state index in [-0.39, 0.29) is 24.2 Å². The number of halogens is 1. The highest BCUT2D eigenvalue weighted by molar-refractivity contribution is 6.30. The Hall–Kier alpha value is -1.55. The van der Waals surface area contributed by atoms with Gasteiger partial charge in [0, 0.05) is 30.2 Å². The van der Waals surface area contributed by atoms with Gasteiger partial charge >= 0.3 is 0 Å². The third kappa shape index (κ3) is 4.97. The van der Waals surface area contributed by atoms with Crippen molar-refractivity contribution in [3.05, 3.63) is 29.3 Å². The zero-order valence-electron chi connectivity index (χ0n) is 14.6. The van der Waals surface area contributed by atoms with Crippen molar-refractivity contribution in [1.29, 1.82) is 0 Å². The molecule has 1 aliphatic rings. The molecule has 1 fully saturated rings. The van der Waals surface area contributed by atoms with Gasteiger partial charge < -0.3 is 10.2 Å². The van der Waals surface area contributed by atoms with E-state index in [9.17, 15) is 9.59 Å². The van der Waals surface area contributed by atoms with Crippen molar-refractivity contribution in [3.8, 4) is 0 Å². The predicted octanol–water partition coefficient (Wildman–Crippen LogP) is 4.03. The van der Waals surface area contributed by atoms with E-state index in [0.717, 1.165) is 18.5 Å². The molecule has 1 aromatic rings. The van der Waals surface area contributed by atoms with Crippen LogP contribution in [0.4, 0.5) is 5.69 Å². The number of nitrogens with one attached hydrogen (secondary N) is 1. The van der Waals surface area contributed by atoms with Gasteiger partial charge in [-0.15, -0.1) is 0 Å². The maximum absolute atomic E-state index is 12.4. The van der Waals surface area contributed by atoms with E-state index in [1.807, 2.05) is 12.1 Å². The first-order valence-corrected chi connectivity index (χ1v) is 9.26. The van der Waals surface area contributed by atoms with Gasteiger partial charge in [0.1, 0.15) is 0 Å². The van der Waals surface area contributed by atoms with Gasteiger partial charge in [-0.2, -0.15) is 0 Å². The molecule has 132 valence electrons. The fourth-order valence-corrected chi connectivity index (χ4v) is 3.21. The molecule has 1 aromatic carbocycles. The second-order valence-corrected chi connectivity index (χ2v) is 6.98. The van der Waals surface area contributed by atoms with Crippen molar-refractivity contribution in [2.45, 2.75) is 46.0 Å². The molecule has 0 aliphatic carbocycles. The van der Waals surface area contributed by atoms with Crippen molar-refractivity contribution in [1.82, 2.24) is 5.32 Å². The average molecular weight is 351 g/mol. The summed E-state index contributed by atoms with van der Waals surface area (Å²) in [7, 11) is 0. The Labute approximate surface area is 149 Å². The van der Waals surface area contributed by atoms with Crippen molar-refractivity contribution in [3.63, 3.8) is 0 Å². The molecule has 2 rings (SSSR count). The van der Waals surface area contributed by atoms with E-state index >= 15 is 0 Å². The van der Waals surface area contributed by atoms with Crippen LogP contribution in [0.2, 0.25) is 5.02 Å². The fraction of sp³-hybridized carbons (Fsp3) is 0.579. The van der Waals surface area contributed by atoms with Crippen LogP contribution >= 0.6 is 11.6 Å². The maximum atomic E-state index is 12.4. The third-order valence-electron chi connectivity index (χ3n) is 4.74. The topological polar surface area (TPSA) is 49.4 Å². The lowest BCUT2D eigenvalue weighted by Gasteiger charge is -2.18. The standard InChI is InChI=1S/C19H27ClN2O2/c1-3-5-6-14(4-2)12-21-19(24)15-11-18(23)22(13-15)17-9-7-16(20)8-10-17/h7-10,14-15H,3-6,11-13H2,1-2H3,(H,21,24)/t14-,15+/m1/s1. The highest BCUT2D eigenvalue weighted by Gasteiger charge is 2.35. The Morgan fingerprint density at radius 3 is 2.67 bits per heavy atom. The Balaban J connectivity index is 1.88. The molecule has 5 heteroatoms. The van der Waals surface area contributed by atoms with E-state index in [4.69, 9.17) is 11.6 Å². The van der Waals surface area contributed by atoms with Crippen LogP contribution < -0.4 is 10.2 Å². The summed E-state index contributed by atoms with van der Waals surface area (Å²) in [5.74, 6) is 0.250. The number of nitrogens with zero attached hydrogens (tertiary/aromatic N) is 1. The maximum Gasteiger partial charge on any atom is 0.227 e. The lowest BCUT2D eigenvalue weighted by Crippen LogP contribution is -2.35. The molecule has 2 amide bonds. The Morgan fingerprint density at radius 2 is 2.04 bits per heavy atom. The van der Waals surface area contributed by atoms with Crippen molar-refractivity contribution in [2.24, 2.45) is 11.8 Å². The van der Waals surface area contributed by atoms with Crippen LogP contribution in [0.25, 0.3) is 0 Å². The van der Waals surface area contributed by atoms with Crippen molar-refractivity contribution in [2.75, 3.05) is 18.0 Å². The molecule has 0 unspecified atom stereocenters. The Morgan fingerprint density at radius 1 is 1.33 bits per heavy atom. The molecule has 0 spiro atoms. The second kappa shape index (κ2) is 9.07. The third-order valence-corrected chi connectivity index (χ3v) is 4.99. The van der Waals surface area contributed by atoms with Crippen molar-refractivity contribution >= 4 is 29.1 Å². The summed E-state index contributed by atoms with van der Waals surface area (Å²) in [6.07, 6.45) is 4.87.